The molecule has 0 bridgehead atoms. The van der Waals surface area contributed by atoms with Crippen LogP contribution >= 0.6 is 0 Å². The average Bonchev–Trinajstić information content (AvgIpc) is 2.96. The normalized spacial score (nSPS) is 18.5. The van der Waals surface area contributed by atoms with Gasteiger partial charge in [0.05, 0.1) is 0 Å². The quantitative estimate of drug-likeness (QED) is 0.870. The molecule has 1 amide bonds. The van der Waals surface area contributed by atoms with Crippen LogP contribution in [0.25, 0.3) is 11.4 Å². The van der Waals surface area contributed by atoms with E-state index in [1.807, 2.05) is 36.1 Å². The molecule has 1 aromatic heterocycles. The van der Waals surface area contributed by atoms with Gasteiger partial charge in [-0.15, -0.1) is 10.2 Å². The van der Waals surface area contributed by atoms with Crippen molar-refractivity contribution in [2.45, 2.75) is 45.7 Å². The van der Waals surface area contributed by atoms with E-state index in [0.29, 0.717) is 11.9 Å². The Bertz CT molecular complexity index is 666. The predicted octanol–water partition coefficient (Wildman–Crippen LogP) is 2.05. The van der Waals surface area contributed by atoms with Gasteiger partial charge in [0.25, 0.3) is 0 Å². The van der Waals surface area contributed by atoms with Gasteiger partial charge in [-0.2, -0.15) is 4.80 Å². The number of nitrogens with zero attached hydrogens (tertiary/aromatic N) is 5. The Morgan fingerprint density at radius 1 is 1.32 bits per heavy atom. The molecule has 3 rings (SSSR count). The second-order valence-electron chi connectivity index (χ2n) is 5.89. The van der Waals surface area contributed by atoms with Gasteiger partial charge in [0.15, 0.2) is 0 Å². The first-order valence-corrected chi connectivity index (χ1v) is 7.78. The Morgan fingerprint density at radius 3 is 2.91 bits per heavy atom. The fraction of sp³-hybridized carbons (Fsp3) is 0.500. The van der Waals surface area contributed by atoms with Crippen LogP contribution in [0.3, 0.4) is 0 Å². The van der Waals surface area contributed by atoms with Gasteiger partial charge in [-0.1, -0.05) is 24.3 Å². The molecule has 22 heavy (non-hydrogen) atoms. The highest BCUT2D eigenvalue weighted by molar-refractivity contribution is 5.76. The third kappa shape index (κ3) is 3.00. The Kier molecular flexibility index (Phi) is 4.18. The fourth-order valence-electron chi connectivity index (χ4n) is 2.92. The van der Waals surface area contributed by atoms with Gasteiger partial charge in [-0.05, 0) is 43.9 Å². The van der Waals surface area contributed by atoms with Crippen molar-refractivity contribution in [3.8, 4) is 11.4 Å². The smallest absolute Gasteiger partial charge is 0.246 e. The van der Waals surface area contributed by atoms with Gasteiger partial charge >= 0.3 is 0 Å². The highest BCUT2D eigenvalue weighted by Crippen LogP contribution is 2.19. The van der Waals surface area contributed by atoms with Gasteiger partial charge in [0.2, 0.25) is 11.7 Å². The number of aryl methyl sites for hydroxylation is 1. The van der Waals surface area contributed by atoms with Gasteiger partial charge < -0.3 is 4.90 Å². The number of benzene rings is 1. The highest BCUT2D eigenvalue weighted by atomic mass is 16.2. The molecule has 0 N–H and O–H groups in total. The third-order valence-electron chi connectivity index (χ3n) is 4.24. The lowest BCUT2D eigenvalue weighted by molar-refractivity contribution is -0.135. The number of aromatic nitrogens is 4. The minimum atomic E-state index is 0.0703. The Balaban J connectivity index is 1.72. The van der Waals surface area contributed by atoms with Crippen molar-refractivity contribution in [1.82, 2.24) is 25.1 Å². The summed E-state index contributed by atoms with van der Waals surface area (Å²) in [6.45, 7) is 5.10. The summed E-state index contributed by atoms with van der Waals surface area (Å²) >= 11 is 0. The molecule has 6 heteroatoms. The Hall–Kier alpha value is -2.24. The minimum absolute atomic E-state index is 0.0703. The lowest BCUT2D eigenvalue weighted by atomic mass is 10.0. The van der Waals surface area contributed by atoms with E-state index < -0.39 is 0 Å². The van der Waals surface area contributed by atoms with Crippen molar-refractivity contribution >= 4 is 5.91 Å². The van der Waals surface area contributed by atoms with Crippen LogP contribution in [-0.2, 0) is 11.3 Å². The van der Waals surface area contributed by atoms with E-state index in [1.54, 1.807) is 0 Å². The monoisotopic (exact) mass is 299 g/mol. The van der Waals surface area contributed by atoms with Crippen molar-refractivity contribution in [3.05, 3.63) is 29.8 Å². The first-order chi connectivity index (χ1) is 10.6. The van der Waals surface area contributed by atoms with E-state index in [4.69, 9.17) is 0 Å². The SMILES string of the molecule is Cc1ccccc1-c1nnn(CC(=O)N2CCCC[C@@H]2C)n1. The third-order valence-corrected chi connectivity index (χ3v) is 4.24. The molecular weight excluding hydrogens is 278 g/mol. The standard InChI is InChI=1S/C16H21N5O/c1-12-7-3-4-9-14(12)16-17-19-21(18-16)11-15(22)20-10-6-5-8-13(20)2/h3-4,7,9,13H,5-6,8,10-11H2,1-2H3/t13-/m0/s1. The maximum Gasteiger partial charge on any atom is 0.246 e. The van der Waals surface area contributed by atoms with E-state index >= 15 is 0 Å². The van der Waals surface area contributed by atoms with Crippen LogP contribution in [0.5, 0.6) is 0 Å². The lowest BCUT2D eigenvalue weighted by Gasteiger charge is -2.33. The second-order valence-corrected chi connectivity index (χ2v) is 5.89. The Morgan fingerprint density at radius 2 is 2.14 bits per heavy atom. The molecule has 0 spiro atoms. The number of hydrogen-bond donors (Lipinski definition) is 0. The van der Waals surface area contributed by atoms with Crippen molar-refractivity contribution < 1.29 is 4.79 Å². The van der Waals surface area contributed by atoms with Gasteiger partial charge in [0, 0.05) is 18.2 Å². The van der Waals surface area contributed by atoms with E-state index in [0.717, 1.165) is 30.5 Å². The van der Waals surface area contributed by atoms with Crippen LogP contribution in [0, 0.1) is 6.92 Å². The number of tetrazole rings is 1. The Labute approximate surface area is 130 Å². The zero-order chi connectivity index (χ0) is 15.5. The largest absolute Gasteiger partial charge is 0.338 e. The molecule has 6 nitrogen and oxygen atoms in total. The number of carbonyl (C=O) groups excluding carboxylic acids is 1. The number of hydrogen-bond acceptors (Lipinski definition) is 4. The maximum atomic E-state index is 12.4. The second kappa shape index (κ2) is 6.25. The summed E-state index contributed by atoms with van der Waals surface area (Å²) < 4.78 is 0. The number of amides is 1. The van der Waals surface area contributed by atoms with Crippen LogP contribution in [0.4, 0.5) is 0 Å². The number of likely N-dealkylation sites (tertiary alicyclic amines) is 1. The molecule has 116 valence electrons. The maximum absolute atomic E-state index is 12.4. The topological polar surface area (TPSA) is 63.9 Å². The molecule has 1 aliphatic heterocycles. The number of rotatable bonds is 3. The van der Waals surface area contributed by atoms with Crippen LogP contribution in [0.15, 0.2) is 24.3 Å². The molecule has 0 radical (unpaired) electrons. The van der Waals surface area contributed by atoms with E-state index in [2.05, 4.69) is 22.3 Å². The summed E-state index contributed by atoms with van der Waals surface area (Å²) in [5.41, 5.74) is 2.05. The fourth-order valence-corrected chi connectivity index (χ4v) is 2.92. The first kappa shape index (κ1) is 14.7. The molecular formula is C16H21N5O. The van der Waals surface area contributed by atoms with Crippen LogP contribution < -0.4 is 0 Å². The molecule has 0 saturated carbocycles. The molecule has 2 aromatic rings. The van der Waals surface area contributed by atoms with Crippen molar-refractivity contribution in [2.75, 3.05) is 6.54 Å². The van der Waals surface area contributed by atoms with Crippen LogP contribution in [0.1, 0.15) is 31.7 Å². The zero-order valence-electron chi connectivity index (χ0n) is 13.1. The van der Waals surface area contributed by atoms with Gasteiger partial charge in [0.1, 0.15) is 6.54 Å². The van der Waals surface area contributed by atoms with Crippen LogP contribution in [0.2, 0.25) is 0 Å². The molecule has 1 atom stereocenters. The van der Waals surface area contributed by atoms with E-state index in [-0.39, 0.29) is 12.5 Å². The summed E-state index contributed by atoms with van der Waals surface area (Å²) in [5.74, 6) is 0.638. The number of carbonyl (C=O) groups is 1. The summed E-state index contributed by atoms with van der Waals surface area (Å²) in [4.78, 5) is 15.7. The summed E-state index contributed by atoms with van der Waals surface area (Å²) in [6.07, 6.45) is 3.35. The van der Waals surface area contributed by atoms with Crippen molar-refractivity contribution in [1.29, 1.82) is 0 Å². The summed E-state index contributed by atoms with van der Waals surface area (Å²) in [6, 6.07) is 8.20. The molecule has 0 unspecified atom stereocenters. The molecule has 0 aliphatic carbocycles. The summed E-state index contributed by atoms with van der Waals surface area (Å²) in [5, 5.41) is 12.4. The molecule has 1 aliphatic rings. The van der Waals surface area contributed by atoms with Crippen molar-refractivity contribution in [3.63, 3.8) is 0 Å². The number of piperidine rings is 1. The first-order valence-electron chi connectivity index (χ1n) is 7.78. The van der Waals surface area contributed by atoms with Crippen molar-refractivity contribution in [2.24, 2.45) is 0 Å². The zero-order valence-corrected chi connectivity index (χ0v) is 13.1. The van der Waals surface area contributed by atoms with E-state index in [1.165, 1.54) is 11.2 Å². The van der Waals surface area contributed by atoms with Gasteiger partial charge in [-0.25, -0.2) is 0 Å². The molecule has 2 heterocycles. The molecule has 1 aromatic carbocycles. The summed E-state index contributed by atoms with van der Waals surface area (Å²) in [7, 11) is 0. The van der Waals surface area contributed by atoms with Crippen LogP contribution in [-0.4, -0.2) is 43.6 Å². The predicted molar refractivity (Wildman–Crippen MR) is 83.0 cm³/mol. The lowest BCUT2D eigenvalue weighted by Crippen LogP contribution is -2.43. The van der Waals surface area contributed by atoms with Gasteiger partial charge in [-0.3, -0.25) is 4.79 Å². The molecule has 1 fully saturated rings. The highest BCUT2D eigenvalue weighted by Gasteiger charge is 2.24. The van der Waals surface area contributed by atoms with E-state index in [9.17, 15) is 4.79 Å². The molecule has 1 saturated heterocycles. The average molecular weight is 299 g/mol. The minimum Gasteiger partial charge on any atom is -0.338 e.